The van der Waals surface area contributed by atoms with Crippen LogP contribution in [0, 0.1) is 0 Å². The van der Waals surface area contributed by atoms with Crippen LogP contribution in [-0.2, 0) is 4.74 Å². The van der Waals surface area contributed by atoms with E-state index in [9.17, 15) is 0 Å². The maximum Gasteiger partial charge on any atom is 0.0826 e. The first-order valence-corrected chi connectivity index (χ1v) is 5.41. The lowest BCUT2D eigenvalue weighted by Gasteiger charge is -2.24. The zero-order valence-corrected chi connectivity index (χ0v) is 9.12. The van der Waals surface area contributed by atoms with Gasteiger partial charge < -0.3 is 15.8 Å². The molecule has 1 heterocycles. The third-order valence-corrected chi connectivity index (χ3v) is 2.85. The normalized spacial score (nSPS) is 25.4. The third kappa shape index (κ3) is 2.63. The maximum atomic E-state index is 5.70. The molecule has 0 amide bonds. The highest BCUT2D eigenvalue weighted by Gasteiger charge is 2.29. The fourth-order valence-corrected chi connectivity index (χ4v) is 1.91. The lowest BCUT2D eigenvalue weighted by atomic mass is 10.0. The van der Waals surface area contributed by atoms with Gasteiger partial charge in [0, 0.05) is 24.5 Å². The molecule has 3 heteroatoms. The molecule has 0 aliphatic carbocycles. The summed E-state index contributed by atoms with van der Waals surface area (Å²) in [6, 6.07) is 7.81. The summed E-state index contributed by atoms with van der Waals surface area (Å²) in [5, 5.41) is 3.36. The van der Waals surface area contributed by atoms with Crippen molar-refractivity contribution >= 4 is 11.4 Å². The molecule has 1 aliphatic rings. The number of ether oxygens (including phenoxy) is 1. The van der Waals surface area contributed by atoms with Crippen LogP contribution < -0.4 is 11.1 Å². The van der Waals surface area contributed by atoms with Gasteiger partial charge in [-0.25, -0.2) is 0 Å². The second-order valence-corrected chi connectivity index (χ2v) is 4.38. The SMILES string of the molecule is CC1(CNc2cccc(N)c2)CCCO1. The molecule has 1 aliphatic heterocycles. The molecule has 0 radical (unpaired) electrons. The van der Waals surface area contributed by atoms with Gasteiger partial charge >= 0.3 is 0 Å². The number of benzene rings is 1. The van der Waals surface area contributed by atoms with Gasteiger partial charge in [0.05, 0.1) is 5.60 Å². The molecule has 2 rings (SSSR count). The summed E-state index contributed by atoms with van der Waals surface area (Å²) in [7, 11) is 0. The van der Waals surface area contributed by atoms with Crippen molar-refractivity contribution in [1.29, 1.82) is 0 Å². The van der Waals surface area contributed by atoms with E-state index in [0.717, 1.165) is 37.4 Å². The highest BCUT2D eigenvalue weighted by Crippen LogP contribution is 2.25. The maximum absolute atomic E-state index is 5.70. The summed E-state index contributed by atoms with van der Waals surface area (Å²) >= 11 is 0. The Kier molecular flexibility index (Phi) is 2.82. The van der Waals surface area contributed by atoms with Gasteiger partial charge in [0.15, 0.2) is 0 Å². The Labute approximate surface area is 90.6 Å². The van der Waals surface area contributed by atoms with Crippen LogP contribution in [0.4, 0.5) is 11.4 Å². The molecule has 1 saturated heterocycles. The number of hydrogen-bond donors (Lipinski definition) is 2. The highest BCUT2D eigenvalue weighted by atomic mass is 16.5. The molecule has 0 aromatic heterocycles. The van der Waals surface area contributed by atoms with E-state index in [0.29, 0.717) is 0 Å². The van der Waals surface area contributed by atoms with E-state index in [1.165, 1.54) is 0 Å². The van der Waals surface area contributed by atoms with Gasteiger partial charge in [-0.3, -0.25) is 0 Å². The van der Waals surface area contributed by atoms with Crippen molar-refractivity contribution in [3.8, 4) is 0 Å². The van der Waals surface area contributed by atoms with Crippen molar-refractivity contribution in [3.05, 3.63) is 24.3 Å². The van der Waals surface area contributed by atoms with Gasteiger partial charge in [-0.05, 0) is 38.0 Å². The zero-order valence-electron chi connectivity index (χ0n) is 9.12. The first kappa shape index (κ1) is 10.3. The van der Waals surface area contributed by atoms with Gasteiger partial charge in [-0.1, -0.05) is 6.07 Å². The molecule has 1 fully saturated rings. The van der Waals surface area contributed by atoms with Crippen molar-refractivity contribution in [1.82, 2.24) is 0 Å². The number of hydrogen-bond acceptors (Lipinski definition) is 3. The monoisotopic (exact) mass is 206 g/mol. The van der Waals surface area contributed by atoms with Crippen LogP contribution in [0.25, 0.3) is 0 Å². The van der Waals surface area contributed by atoms with Crippen LogP contribution in [0.2, 0.25) is 0 Å². The molecule has 15 heavy (non-hydrogen) atoms. The topological polar surface area (TPSA) is 47.3 Å². The molecule has 0 spiro atoms. The van der Waals surface area contributed by atoms with Gasteiger partial charge in [-0.2, -0.15) is 0 Å². The van der Waals surface area contributed by atoms with Crippen molar-refractivity contribution in [2.75, 3.05) is 24.2 Å². The zero-order chi connectivity index (χ0) is 10.7. The van der Waals surface area contributed by atoms with Crippen molar-refractivity contribution in [2.45, 2.75) is 25.4 Å². The van der Waals surface area contributed by atoms with Crippen molar-refractivity contribution in [2.24, 2.45) is 0 Å². The average molecular weight is 206 g/mol. The molecule has 0 bridgehead atoms. The Morgan fingerprint density at radius 1 is 1.53 bits per heavy atom. The first-order valence-electron chi connectivity index (χ1n) is 5.41. The summed E-state index contributed by atoms with van der Waals surface area (Å²) in [5.41, 5.74) is 7.55. The van der Waals surface area contributed by atoms with Crippen molar-refractivity contribution < 1.29 is 4.74 Å². The first-order chi connectivity index (χ1) is 7.18. The average Bonchev–Trinajstić information content (AvgIpc) is 2.63. The number of nitrogens with one attached hydrogen (secondary N) is 1. The molecule has 82 valence electrons. The minimum atomic E-state index is -0.00932. The molecule has 1 atom stereocenters. The molecular weight excluding hydrogens is 188 g/mol. The van der Waals surface area contributed by atoms with E-state index in [2.05, 4.69) is 12.2 Å². The standard InChI is InChI=1S/C12H18N2O/c1-12(6-3-7-15-12)9-14-11-5-2-4-10(13)8-11/h2,4-5,8,14H,3,6-7,9,13H2,1H3. The molecule has 1 aromatic carbocycles. The van der Waals surface area contributed by atoms with E-state index >= 15 is 0 Å². The Balaban J connectivity index is 1.92. The van der Waals surface area contributed by atoms with E-state index in [-0.39, 0.29) is 5.60 Å². The summed E-state index contributed by atoms with van der Waals surface area (Å²) in [4.78, 5) is 0. The van der Waals surface area contributed by atoms with E-state index in [1.54, 1.807) is 0 Å². The van der Waals surface area contributed by atoms with Gasteiger partial charge in [-0.15, -0.1) is 0 Å². The summed E-state index contributed by atoms with van der Waals surface area (Å²) in [5.74, 6) is 0. The van der Waals surface area contributed by atoms with Gasteiger partial charge in [0.25, 0.3) is 0 Å². The van der Waals surface area contributed by atoms with Crippen LogP contribution in [0.15, 0.2) is 24.3 Å². The summed E-state index contributed by atoms with van der Waals surface area (Å²) < 4.78 is 5.70. The quantitative estimate of drug-likeness (QED) is 0.746. The fourth-order valence-electron chi connectivity index (χ4n) is 1.91. The largest absolute Gasteiger partial charge is 0.399 e. The smallest absolute Gasteiger partial charge is 0.0826 e. The number of anilines is 2. The second kappa shape index (κ2) is 4.11. The van der Waals surface area contributed by atoms with E-state index in [1.807, 2.05) is 24.3 Å². The Morgan fingerprint density at radius 2 is 2.40 bits per heavy atom. The summed E-state index contributed by atoms with van der Waals surface area (Å²) in [6.07, 6.45) is 2.29. The Bertz CT molecular complexity index is 332. The second-order valence-electron chi connectivity index (χ2n) is 4.38. The lowest BCUT2D eigenvalue weighted by molar-refractivity contribution is 0.0315. The molecular formula is C12H18N2O. The van der Waals surface area contributed by atoms with E-state index in [4.69, 9.17) is 10.5 Å². The molecule has 3 N–H and O–H groups in total. The summed E-state index contributed by atoms with van der Waals surface area (Å²) in [6.45, 7) is 3.88. The highest BCUT2D eigenvalue weighted by molar-refractivity contribution is 5.54. The van der Waals surface area contributed by atoms with Gasteiger partial charge in [0.2, 0.25) is 0 Å². The number of nitrogens with two attached hydrogens (primary N) is 1. The molecule has 1 aromatic rings. The minimum absolute atomic E-state index is 0.00932. The van der Waals surface area contributed by atoms with Crippen molar-refractivity contribution in [3.63, 3.8) is 0 Å². The van der Waals surface area contributed by atoms with Crippen LogP contribution in [-0.4, -0.2) is 18.8 Å². The molecule has 1 unspecified atom stereocenters. The third-order valence-electron chi connectivity index (χ3n) is 2.85. The Morgan fingerprint density at radius 3 is 3.07 bits per heavy atom. The van der Waals surface area contributed by atoms with Crippen LogP contribution in [0.3, 0.4) is 0 Å². The van der Waals surface area contributed by atoms with Crippen LogP contribution in [0.5, 0.6) is 0 Å². The molecule has 0 saturated carbocycles. The van der Waals surface area contributed by atoms with E-state index < -0.39 is 0 Å². The predicted molar refractivity (Wildman–Crippen MR) is 62.9 cm³/mol. The fraction of sp³-hybridized carbons (Fsp3) is 0.500. The number of nitrogen functional groups attached to an aromatic ring is 1. The predicted octanol–water partition coefficient (Wildman–Crippen LogP) is 2.25. The van der Waals surface area contributed by atoms with Gasteiger partial charge in [0.1, 0.15) is 0 Å². The van der Waals surface area contributed by atoms with Crippen LogP contribution in [0.1, 0.15) is 19.8 Å². The lowest BCUT2D eigenvalue weighted by Crippen LogP contribution is -2.32. The van der Waals surface area contributed by atoms with Crippen LogP contribution >= 0.6 is 0 Å². The molecule has 3 nitrogen and oxygen atoms in total. The number of rotatable bonds is 3. The Hall–Kier alpha value is -1.22. The minimum Gasteiger partial charge on any atom is -0.399 e.